The lowest BCUT2D eigenvalue weighted by atomic mass is 9.79. The van der Waals surface area contributed by atoms with Gasteiger partial charge < -0.3 is 25.6 Å². The molecule has 4 N–H and O–H groups in total. The van der Waals surface area contributed by atoms with Gasteiger partial charge in [-0.2, -0.15) is 5.21 Å². The topological polar surface area (TPSA) is 167 Å². The van der Waals surface area contributed by atoms with Crippen molar-refractivity contribution in [3.05, 3.63) is 57.3 Å². The zero-order valence-corrected chi connectivity index (χ0v) is 33.8. The summed E-state index contributed by atoms with van der Waals surface area (Å²) in [4.78, 5) is 48.5. The maximum Gasteiger partial charge on any atom is 0.270 e. The molecule has 3 aromatic rings. The summed E-state index contributed by atoms with van der Waals surface area (Å²) in [5, 5.41) is 26.8. The minimum Gasteiger partial charge on any atom is -0.371 e. The number of aromatic amines is 1. The minimum absolute atomic E-state index is 0.0593. The summed E-state index contributed by atoms with van der Waals surface area (Å²) in [6, 6.07) is 6.80. The molecule has 1 unspecified atom stereocenters. The molecule has 0 aliphatic heterocycles. The fourth-order valence-corrected chi connectivity index (χ4v) is 8.27. The molecule has 0 spiro atoms. The number of rotatable bonds is 20. The number of carbonyl (C=O) groups excluding carboxylic acids is 3. The van der Waals surface area contributed by atoms with Crippen molar-refractivity contribution < 1.29 is 19.1 Å². The van der Waals surface area contributed by atoms with Crippen molar-refractivity contribution in [2.75, 3.05) is 20.2 Å². The highest BCUT2D eigenvalue weighted by Crippen LogP contribution is 2.35. The smallest absolute Gasteiger partial charge is 0.270 e. The number of carbonyl (C=O) groups is 3. The number of nitrogens with one attached hydrogen (secondary N) is 4. The van der Waals surface area contributed by atoms with Crippen LogP contribution in [0.4, 0.5) is 0 Å². The molecule has 3 amide bonds. The molecule has 0 saturated heterocycles. The second-order valence-corrected chi connectivity index (χ2v) is 15.6. The second kappa shape index (κ2) is 20.1. The molecule has 0 saturated carbocycles. The van der Waals surface area contributed by atoms with Crippen molar-refractivity contribution in [2.24, 2.45) is 17.8 Å². The summed E-state index contributed by atoms with van der Waals surface area (Å²) in [6.07, 6.45) is 3.77. The zero-order valence-electron chi connectivity index (χ0n) is 33.0. The molecule has 2 heterocycles. The largest absolute Gasteiger partial charge is 0.371 e. The first-order chi connectivity index (χ1) is 25.5. The molecule has 0 bridgehead atoms. The Labute approximate surface area is 319 Å². The second-order valence-electron chi connectivity index (χ2n) is 14.7. The molecule has 13 nitrogen and oxygen atoms in total. The molecule has 14 heteroatoms. The van der Waals surface area contributed by atoms with Crippen LogP contribution >= 0.6 is 11.3 Å². The van der Waals surface area contributed by atoms with Crippen molar-refractivity contribution in [1.82, 2.24) is 46.5 Å². The maximum atomic E-state index is 14.6. The summed E-state index contributed by atoms with van der Waals surface area (Å²) < 4.78 is 6.31. The van der Waals surface area contributed by atoms with Gasteiger partial charge in [0.05, 0.1) is 12.0 Å². The van der Waals surface area contributed by atoms with E-state index in [2.05, 4.69) is 76.4 Å². The first-order valence-corrected chi connectivity index (χ1v) is 20.3. The lowest BCUT2D eigenvalue weighted by molar-refractivity contribution is -0.142. The number of fused-ring (bicyclic) bond motifs is 1. The van der Waals surface area contributed by atoms with Gasteiger partial charge in [-0.15, -0.1) is 21.5 Å². The highest BCUT2D eigenvalue weighted by molar-refractivity contribution is 7.09. The molecule has 4 rings (SSSR count). The van der Waals surface area contributed by atoms with E-state index in [9.17, 15) is 14.4 Å². The average molecular weight is 752 g/mol. The van der Waals surface area contributed by atoms with E-state index in [0.717, 1.165) is 30.4 Å². The zero-order chi connectivity index (χ0) is 38.7. The van der Waals surface area contributed by atoms with Gasteiger partial charge >= 0.3 is 0 Å². The lowest BCUT2D eigenvalue weighted by Crippen LogP contribution is -2.59. The van der Waals surface area contributed by atoms with Crippen LogP contribution in [0.2, 0.25) is 0 Å². The standard InChI is InChI=1S/C39H61N9O4S/c1-10-18-48(39(51)34(25(8)12-3)43-37(50)33(40-9)24(7)11-2)31(23(5)6)21-32(52-13-4)38-42-30(22-53-38)36(49)41-27-19-26-16-14-15-17-28(26)29(20-27)35-44-46-47-45-35/h14-17,22-25,27,29,31-34,40H,10-13,18-21H2,1-9H3,(H,41,49)(H,43,50)(H,44,45,46,47)/t24-,25-,27-,29+,31?,32+,33+,34-/m0/s1. The van der Waals surface area contributed by atoms with Crippen LogP contribution in [0.1, 0.15) is 132 Å². The van der Waals surface area contributed by atoms with Crippen LogP contribution in [-0.4, -0.2) is 92.6 Å². The van der Waals surface area contributed by atoms with Gasteiger partial charge in [0.1, 0.15) is 22.8 Å². The maximum absolute atomic E-state index is 14.6. The Kier molecular flexibility index (Phi) is 15.9. The molecule has 8 atom stereocenters. The van der Waals surface area contributed by atoms with Gasteiger partial charge in [-0.1, -0.05) is 90.8 Å². The summed E-state index contributed by atoms with van der Waals surface area (Å²) in [5.41, 5.74) is 2.64. The van der Waals surface area contributed by atoms with Crippen LogP contribution in [0.5, 0.6) is 0 Å². The first-order valence-electron chi connectivity index (χ1n) is 19.4. The van der Waals surface area contributed by atoms with Crippen LogP contribution in [-0.2, 0) is 20.7 Å². The van der Waals surface area contributed by atoms with Crippen LogP contribution in [0.25, 0.3) is 0 Å². The number of thiazole rings is 1. The molecular formula is C39H61N9O4S. The molecule has 0 fully saturated rings. The van der Waals surface area contributed by atoms with Gasteiger partial charge in [-0.25, -0.2) is 4.98 Å². The summed E-state index contributed by atoms with van der Waals surface area (Å²) in [7, 11) is 1.79. The fraction of sp³-hybridized carbons (Fsp3) is 0.667. The van der Waals surface area contributed by atoms with Gasteiger partial charge in [0.15, 0.2) is 5.82 Å². The summed E-state index contributed by atoms with van der Waals surface area (Å²) >= 11 is 1.40. The van der Waals surface area contributed by atoms with Crippen molar-refractivity contribution in [3.63, 3.8) is 0 Å². The Hall–Kier alpha value is -3.75. The summed E-state index contributed by atoms with van der Waals surface area (Å²) in [5.74, 6) is 0.202. The van der Waals surface area contributed by atoms with E-state index >= 15 is 0 Å². The van der Waals surface area contributed by atoms with E-state index in [1.165, 1.54) is 11.3 Å². The van der Waals surface area contributed by atoms with E-state index in [4.69, 9.17) is 9.72 Å². The number of ether oxygens (including phenoxy) is 1. The number of nitrogens with zero attached hydrogens (tertiary/aromatic N) is 5. The highest BCUT2D eigenvalue weighted by atomic mass is 32.1. The minimum atomic E-state index is -0.660. The lowest BCUT2D eigenvalue weighted by Gasteiger charge is -2.39. The fourth-order valence-electron chi connectivity index (χ4n) is 7.41. The third kappa shape index (κ3) is 10.5. The molecule has 1 aliphatic rings. The van der Waals surface area contributed by atoms with Gasteiger partial charge in [-0.05, 0) is 62.1 Å². The van der Waals surface area contributed by atoms with Gasteiger partial charge in [0, 0.05) is 37.0 Å². The Bertz CT molecular complexity index is 1600. The predicted octanol–water partition coefficient (Wildman–Crippen LogP) is 5.43. The number of H-pyrrole nitrogens is 1. The van der Waals surface area contributed by atoms with E-state index in [1.807, 2.05) is 44.7 Å². The molecule has 1 aliphatic carbocycles. The monoisotopic (exact) mass is 751 g/mol. The quantitative estimate of drug-likeness (QED) is 0.118. The number of aromatic nitrogens is 5. The molecule has 0 radical (unpaired) electrons. The van der Waals surface area contributed by atoms with Gasteiger partial charge in [-0.3, -0.25) is 14.4 Å². The Balaban J connectivity index is 1.53. The van der Waals surface area contributed by atoms with Crippen molar-refractivity contribution in [3.8, 4) is 0 Å². The molecule has 1 aromatic carbocycles. The van der Waals surface area contributed by atoms with Crippen LogP contribution in [0.3, 0.4) is 0 Å². The van der Waals surface area contributed by atoms with Gasteiger partial charge in [0.2, 0.25) is 11.8 Å². The van der Waals surface area contributed by atoms with Crippen LogP contribution in [0, 0.1) is 17.8 Å². The van der Waals surface area contributed by atoms with E-state index in [-0.39, 0.29) is 59.5 Å². The Morgan fingerprint density at radius 1 is 1.04 bits per heavy atom. The molecular weight excluding hydrogens is 691 g/mol. The van der Waals surface area contributed by atoms with Crippen LogP contribution in [0.15, 0.2) is 29.6 Å². The number of hydrogen-bond donors (Lipinski definition) is 4. The highest BCUT2D eigenvalue weighted by Gasteiger charge is 2.38. The number of likely N-dealkylation sites (N-methyl/N-ethyl adjacent to an activating group) is 1. The van der Waals surface area contributed by atoms with Crippen LogP contribution < -0.4 is 16.0 Å². The van der Waals surface area contributed by atoms with Crippen molar-refractivity contribution >= 4 is 29.1 Å². The normalized spacial score (nSPS) is 19.1. The summed E-state index contributed by atoms with van der Waals surface area (Å²) in [6.45, 7) is 17.4. The number of benzene rings is 1. The molecule has 292 valence electrons. The number of tetrazole rings is 1. The third-order valence-corrected chi connectivity index (χ3v) is 11.7. The number of amides is 3. The van der Waals surface area contributed by atoms with E-state index in [1.54, 1.807) is 12.4 Å². The average Bonchev–Trinajstić information content (AvgIpc) is 3.88. The molecule has 2 aromatic heterocycles. The van der Waals surface area contributed by atoms with Gasteiger partial charge in [0.25, 0.3) is 5.91 Å². The SMILES string of the molecule is CCCN(C(=O)[C@@H](NC(=O)[C@H](NC)[C@@H](C)CC)[C@@H](C)CC)C(C[C@@H](OCC)c1nc(C(=O)N[C@H]2Cc3ccccc3[C@H](c3nn[nH]n3)C2)cs1)C(C)C. The van der Waals surface area contributed by atoms with E-state index in [0.29, 0.717) is 48.9 Å². The predicted molar refractivity (Wildman–Crippen MR) is 207 cm³/mol. The Morgan fingerprint density at radius 2 is 1.75 bits per heavy atom. The number of hydrogen-bond acceptors (Lipinski definition) is 10. The Morgan fingerprint density at radius 3 is 2.38 bits per heavy atom. The third-order valence-electron chi connectivity index (χ3n) is 10.8. The van der Waals surface area contributed by atoms with E-state index < -0.39 is 12.1 Å². The van der Waals surface area contributed by atoms with Crippen molar-refractivity contribution in [1.29, 1.82) is 0 Å². The first kappa shape index (κ1) is 42.0. The molecule has 53 heavy (non-hydrogen) atoms. The van der Waals surface area contributed by atoms with Crippen molar-refractivity contribution in [2.45, 2.75) is 130 Å².